The molecule has 0 aromatic heterocycles. The standard InChI is InChI=1S/C10H13NO2/c1-8(11-13-3)9-5-4-6-10(7-9)12-2/h4-7H,1-3H3. The van der Waals surface area contributed by atoms with E-state index in [4.69, 9.17) is 4.74 Å². The topological polar surface area (TPSA) is 30.8 Å². The minimum absolute atomic E-state index is 0.822. The van der Waals surface area contributed by atoms with E-state index in [0.717, 1.165) is 17.0 Å². The van der Waals surface area contributed by atoms with Crippen LogP contribution in [-0.2, 0) is 4.84 Å². The molecule has 1 rings (SSSR count). The lowest BCUT2D eigenvalue weighted by atomic mass is 10.1. The summed E-state index contributed by atoms with van der Waals surface area (Å²) in [5, 5.41) is 3.83. The van der Waals surface area contributed by atoms with Gasteiger partial charge in [-0.1, -0.05) is 17.3 Å². The Hall–Kier alpha value is -1.51. The van der Waals surface area contributed by atoms with E-state index >= 15 is 0 Å². The van der Waals surface area contributed by atoms with Gasteiger partial charge in [-0.05, 0) is 19.1 Å². The van der Waals surface area contributed by atoms with Gasteiger partial charge in [-0.3, -0.25) is 0 Å². The van der Waals surface area contributed by atoms with Crippen molar-refractivity contribution in [2.45, 2.75) is 6.92 Å². The van der Waals surface area contributed by atoms with Crippen molar-refractivity contribution < 1.29 is 9.57 Å². The highest BCUT2D eigenvalue weighted by Gasteiger charge is 1.98. The zero-order valence-corrected chi connectivity index (χ0v) is 8.07. The second kappa shape index (κ2) is 4.50. The zero-order valence-electron chi connectivity index (χ0n) is 8.07. The maximum Gasteiger partial charge on any atom is 0.119 e. The summed E-state index contributed by atoms with van der Waals surface area (Å²) < 4.78 is 5.09. The van der Waals surface area contributed by atoms with Crippen molar-refractivity contribution in [1.29, 1.82) is 0 Å². The predicted molar refractivity (Wildman–Crippen MR) is 52.2 cm³/mol. The third kappa shape index (κ3) is 2.47. The molecule has 3 nitrogen and oxygen atoms in total. The predicted octanol–water partition coefficient (Wildman–Crippen LogP) is 2.07. The van der Waals surface area contributed by atoms with Crippen LogP contribution in [0.3, 0.4) is 0 Å². The van der Waals surface area contributed by atoms with E-state index in [1.807, 2.05) is 31.2 Å². The molecule has 0 unspecified atom stereocenters. The van der Waals surface area contributed by atoms with Crippen LogP contribution in [0.4, 0.5) is 0 Å². The average Bonchev–Trinajstić information content (AvgIpc) is 2.18. The first kappa shape index (κ1) is 9.58. The quantitative estimate of drug-likeness (QED) is 0.525. The summed E-state index contributed by atoms with van der Waals surface area (Å²) >= 11 is 0. The molecule has 70 valence electrons. The maximum atomic E-state index is 5.09. The summed E-state index contributed by atoms with van der Waals surface area (Å²) in [4.78, 5) is 4.68. The van der Waals surface area contributed by atoms with Crippen LogP contribution in [0.25, 0.3) is 0 Å². The van der Waals surface area contributed by atoms with Gasteiger partial charge in [0.25, 0.3) is 0 Å². The van der Waals surface area contributed by atoms with E-state index in [9.17, 15) is 0 Å². The Morgan fingerprint density at radius 3 is 2.69 bits per heavy atom. The molecule has 0 aliphatic carbocycles. The van der Waals surface area contributed by atoms with Gasteiger partial charge in [0.1, 0.15) is 12.9 Å². The molecular weight excluding hydrogens is 166 g/mol. The van der Waals surface area contributed by atoms with Crippen molar-refractivity contribution in [2.24, 2.45) is 5.16 Å². The number of methoxy groups -OCH3 is 1. The average molecular weight is 179 g/mol. The molecule has 0 spiro atoms. The van der Waals surface area contributed by atoms with Crippen LogP contribution in [0.1, 0.15) is 12.5 Å². The van der Waals surface area contributed by atoms with Crippen molar-refractivity contribution >= 4 is 5.71 Å². The zero-order chi connectivity index (χ0) is 9.68. The van der Waals surface area contributed by atoms with E-state index in [-0.39, 0.29) is 0 Å². The first-order chi connectivity index (χ1) is 6.27. The molecule has 3 heteroatoms. The van der Waals surface area contributed by atoms with Gasteiger partial charge in [0, 0.05) is 5.56 Å². The molecule has 0 bridgehead atoms. The number of ether oxygens (including phenoxy) is 1. The van der Waals surface area contributed by atoms with E-state index < -0.39 is 0 Å². The smallest absolute Gasteiger partial charge is 0.119 e. The van der Waals surface area contributed by atoms with Gasteiger partial charge in [0.15, 0.2) is 0 Å². The lowest BCUT2D eigenvalue weighted by Gasteiger charge is -2.02. The molecule has 0 amide bonds. The molecule has 1 aromatic carbocycles. The fourth-order valence-electron chi connectivity index (χ4n) is 1.04. The summed E-state index contributed by atoms with van der Waals surface area (Å²) in [5.74, 6) is 0.822. The molecule has 0 N–H and O–H groups in total. The summed E-state index contributed by atoms with van der Waals surface area (Å²) in [6, 6.07) is 7.69. The highest BCUT2D eigenvalue weighted by Crippen LogP contribution is 2.13. The van der Waals surface area contributed by atoms with Gasteiger partial charge in [-0.25, -0.2) is 0 Å². The molecule has 0 atom stereocenters. The van der Waals surface area contributed by atoms with Crippen molar-refractivity contribution in [2.75, 3.05) is 14.2 Å². The Labute approximate surface area is 78.0 Å². The largest absolute Gasteiger partial charge is 0.497 e. The number of rotatable bonds is 3. The molecule has 0 aliphatic rings. The van der Waals surface area contributed by atoms with Gasteiger partial charge >= 0.3 is 0 Å². The maximum absolute atomic E-state index is 5.09. The van der Waals surface area contributed by atoms with Gasteiger partial charge in [-0.15, -0.1) is 0 Å². The molecule has 0 heterocycles. The Morgan fingerprint density at radius 2 is 2.08 bits per heavy atom. The molecule has 0 aliphatic heterocycles. The lowest BCUT2D eigenvalue weighted by molar-refractivity contribution is 0.213. The van der Waals surface area contributed by atoms with Crippen molar-refractivity contribution in [3.8, 4) is 5.75 Å². The highest BCUT2D eigenvalue weighted by atomic mass is 16.6. The number of hydrogen-bond acceptors (Lipinski definition) is 3. The van der Waals surface area contributed by atoms with Gasteiger partial charge in [0.2, 0.25) is 0 Å². The summed E-state index contributed by atoms with van der Waals surface area (Å²) in [5.41, 5.74) is 1.84. The van der Waals surface area contributed by atoms with E-state index in [2.05, 4.69) is 9.99 Å². The first-order valence-corrected chi connectivity index (χ1v) is 4.00. The summed E-state index contributed by atoms with van der Waals surface area (Å²) in [6.45, 7) is 1.89. The van der Waals surface area contributed by atoms with Crippen LogP contribution < -0.4 is 4.74 Å². The van der Waals surface area contributed by atoms with Crippen molar-refractivity contribution in [3.63, 3.8) is 0 Å². The van der Waals surface area contributed by atoms with Crippen LogP contribution in [0.2, 0.25) is 0 Å². The Bertz CT molecular complexity index is 308. The van der Waals surface area contributed by atoms with Crippen LogP contribution in [-0.4, -0.2) is 19.9 Å². The van der Waals surface area contributed by atoms with Crippen molar-refractivity contribution in [3.05, 3.63) is 29.8 Å². The molecule has 0 radical (unpaired) electrons. The highest BCUT2D eigenvalue weighted by molar-refractivity contribution is 5.98. The van der Waals surface area contributed by atoms with Crippen LogP contribution in [0.15, 0.2) is 29.4 Å². The SMILES string of the molecule is CON=C(C)c1cccc(OC)c1. The molecule has 1 aromatic rings. The Morgan fingerprint density at radius 1 is 1.31 bits per heavy atom. The van der Waals surface area contributed by atoms with E-state index in [0.29, 0.717) is 0 Å². The van der Waals surface area contributed by atoms with Crippen LogP contribution >= 0.6 is 0 Å². The fraction of sp³-hybridized carbons (Fsp3) is 0.300. The summed E-state index contributed by atoms with van der Waals surface area (Å²) in [7, 11) is 3.17. The van der Waals surface area contributed by atoms with Gasteiger partial charge in [0.05, 0.1) is 12.8 Å². The van der Waals surface area contributed by atoms with Crippen molar-refractivity contribution in [1.82, 2.24) is 0 Å². The van der Waals surface area contributed by atoms with Gasteiger partial charge < -0.3 is 9.57 Å². The Kier molecular flexibility index (Phi) is 3.31. The third-order valence-electron chi connectivity index (χ3n) is 1.72. The minimum Gasteiger partial charge on any atom is -0.497 e. The first-order valence-electron chi connectivity index (χ1n) is 4.00. The fourth-order valence-corrected chi connectivity index (χ4v) is 1.04. The minimum atomic E-state index is 0.822. The lowest BCUT2D eigenvalue weighted by Crippen LogP contribution is -1.95. The van der Waals surface area contributed by atoms with E-state index in [1.54, 1.807) is 7.11 Å². The van der Waals surface area contributed by atoms with E-state index in [1.165, 1.54) is 7.11 Å². The molecule has 0 fully saturated rings. The third-order valence-corrected chi connectivity index (χ3v) is 1.72. The molecular formula is C10H13NO2. The van der Waals surface area contributed by atoms with Crippen LogP contribution in [0.5, 0.6) is 5.75 Å². The number of hydrogen-bond donors (Lipinski definition) is 0. The Balaban J connectivity index is 2.94. The number of nitrogens with zero attached hydrogens (tertiary/aromatic N) is 1. The molecule has 13 heavy (non-hydrogen) atoms. The number of benzene rings is 1. The second-order valence-electron chi connectivity index (χ2n) is 2.59. The number of oxime groups is 1. The normalized spacial score (nSPS) is 11.2. The summed E-state index contributed by atoms with van der Waals surface area (Å²) in [6.07, 6.45) is 0. The monoisotopic (exact) mass is 179 g/mol. The molecule has 0 saturated heterocycles. The van der Waals surface area contributed by atoms with Crippen LogP contribution in [0, 0.1) is 0 Å². The molecule has 0 saturated carbocycles. The second-order valence-corrected chi connectivity index (χ2v) is 2.59. The van der Waals surface area contributed by atoms with Gasteiger partial charge in [-0.2, -0.15) is 0 Å².